The van der Waals surface area contributed by atoms with Crippen molar-refractivity contribution in [1.29, 1.82) is 0 Å². The Morgan fingerprint density at radius 3 is 2.50 bits per heavy atom. The SMILES string of the molecule is O=C1CC=C(c2ccccc2)S1. The van der Waals surface area contributed by atoms with Gasteiger partial charge in [0.2, 0.25) is 0 Å². The quantitative estimate of drug-likeness (QED) is 0.654. The van der Waals surface area contributed by atoms with Crippen LogP contribution in [-0.2, 0) is 4.79 Å². The molecule has 2 rings (SSSR count). The lowest BCUT2D eigenvalue weighted by Crippen LogP contribution is -1.79. The van der Waals surface area contributed by atoms with Crippen molar-refractivity contribution in [3.8, 4) is 0 Å². The van der Waals surface area contributed by atoms with E-state index in [4.69, 9.17) is 0 Å². The smallest absolute Gasteiger partial charge is 0.197 e. The van der Waals surface area contributed by atoms with E-state index >= 15 is 0 Å². The Hall–Kier alpha value is -1.02. The molecule has 0 saturated carbocycles. The van der Waals surface area contributed by atoms with Gasteiger partial charge in [-0.05, 0) is 5.56 Å². The summed E-state index contributed by atoms with van der Waals surface area (Å²) in [7, 11) is 0. The maximum absolute atomic E-state index is 10.9. The van der Waals surface area contributed by atoms with Crippen molar-refractivity contribution in [2.24, 2.45) is 0 Å². The highest BCUT2D eigenvalue weighted by atomic mass is 32.2. The number of thioether (sulfide) groups is 1. The Morgan fingerprint density at radius 2 is 1.92 bits per heavy atom. The maximum Gasteiger partial charge on any atom is 0.197 e. The van der Waals surface area contributed by atoms with Crippen molar-refractivity contribution >= 4 is 21.8 Å². The van der Waals surface area contributed by atoms with Gasteiger partial charge in [0.25, 0.3) is 0 Å². The third-order valence-electron chi connectivity index (χ3n) is 1.74. The van der Waals surface area contributed by atoms with Gasteiger partial charge in [-0.15, -0.1) is 0 Å². The van der Waals surface area contributed by atoms with Crippen LogP contribution in [0.4, 0.5) is 0 Å². The van der Waals surface area contributed by atoms with E-state index in [0.717, 1.165) is 10.5 Å². The maximum atomic E-state index is 10.9. The topological polar surface area (TPSA) is 17.1 Å². The first kappa shape index (κ1) is 7.62. The van der Waals surface area contributed by atoms with Crippen LogP contribution in [0.1, 0.15) is 12.0 Å². The standard InChI is InChI=1S/C10H8OS/c11-10-7-6-9(12-10)8-4-2-1-3-5-8/h1-6H,7H2. The van der Waals surface area contributed by atoms with Crippen molar-refractivity contribution in [2.75, 3.05) is 0 Å². The zero-order chi connectivity index (χ0) is 8.39. The van der Waals surface area contributed by atoms with Gasteiger partial charge in [-0.25, -0.2) is 0 Å². The fourth-order valence-electron chi connectivity index (χ4n) is 1.16. The van der Waals surface area contributed by atoms with Gasteiger partial charge in [-0.1, -0.05) is 48.2 Å². The van der Waals surface area contributed by atoms with Gasteiger partial charge in [-0.2, -0.15) is 0 Å². The first-order valence-corrected chi connectivity index (χ1v) is 4.64. The predicted octanol–water partition coefficient (Wildman–Crippen LogP) is 2.69. The molecule has 1 aliphatic rings. The molecule has 0 atom stereocenters. The highest BCUT2D eigenvalue weighted by molar-refractivity contribution is 8.21. The Balaban J connectivity index is 2.28. The molecule has 0 saturated heterocycles. The lowest BCUT2D eigenvalue weighted by atomic mass is 10.2. The molecule has 1 heterocycles. The van der Waals surface area contributed by atoms with Crippen molar-refractivity contribution in [2.45, 2.75) is 6.42 Å². The lowest BCUT2D eigenvalue weighted by Gasteiger charge is -1.97. The van der Waals surface area contributed by atoms with Crippen LogP contribution in [0.3, 0.4) is 0 Å². The van der Waals surface area contributed by atoms with Crippen molar-refractivity contribution in [3.63, 3.8) is 0 Å². The number of hydrogen-bond donors (Lipinski definition) is 0. The highest BCUT2D eigenvalue weighted by Crippen LogP contribution is 2.34. The zero-order valence-electron chi connectivity index (χ0n) is 6.49. The van der Waals surface area contributed by atoms with Crippen molar-refractivity contribution in [3.05, 3.63) is 42.0 Å². The number of rotatable bonds is 1. The third-order valence-corrected chi connectivity index (χ3v) is 2.75. The molecule has 0 bridgehead atoms. The summed E-state index contributed by atoms with van der Waals surface area (Å²) in [6.07, 6.45) is 2.57. The molecule has 0 radical (unpaired) electrons. The minimum absolute atomic E-state index is 0.244. The molecule has 1 nitrogen and oxygen atoms in total. The summed E-state index contributed by atoms with van der Waals surface area (Å²) in [5.74, 6) is 0. The molecule has 0 spiro atoms. The monoisotopic (exact) mass is 176 g/mol. The number of carbonyl (C=O) groups excluding carboxylic acids is 1. The van der Waals surface area contributed by atoms with Gasteiger partial charge < -0.3 is 0 Å². The van der Waals surface area contributed by atoms with Crippen LogP contribution in [0.15, 0.2) is 36.4 Å². The molecule has 2 heteroatoms. The first-order valence-electron chi connectivity index (χ1n) is 3.82. The van der Waals surface area contributed by atoms with Crippen LogP contribution in [0, 0.1) is 0 Å². The lowest BCUT2D eigenvalue weighted by molar-refractivity contribution is -0.110. The summed E-state index contributed by atoms with van der Waals surface area (Å²) in [4.78, 5) is 12.0. The predicted molar refractivity (Wildman–Crippen MR) is 51.6 cm³/mol. The summed E-state index contributed by atoms with van der Waals surface area (Å²) in [5, 5.41) is 0.244. The average molecular weight is 176 g/mol. The molecule has 60 valence electrons. The van der Waals surface area contributed by atoms with Crippen molar-refractivity contribution < 1.29 is 4.79 Å². The number of allylic oxidation sites excluding steroid dienone is 1. The van der Waals surface area contributed by atoms with Gasteiger partial charge in [0.1, 0.15) is 0 Å². The summed E-state index contributed by atoms with van der Waals surface area (Å²) >= 11 is 1.34. The molecule has 12 heavy (non-hydrogen) atoms. The molecule has 0 aromatic heterocycles. The highest BCUT2D eigenvalue weighted by Gasteiger charge is 2.14. The summed E-state index contributed by atoms with van der Waals surface area (Å²) < 4.78 is 0. The Bertz CT molecular complexity index is 327. The van der Waals surface area contributed by atoms with Gasteiger partial charge in [0.05, 0.1) is 0 Å². The second-order valence-corrected chi connectivity index (χ2v) is 3.71. The Labute approximate surface area is 75.5 Å². The normalized spacial score (nSPS) is 16.3. The largest absolute Gasteiger partial charge is 0.286 e. The fraction of sp³-hybridized carbons (Fsp3) is 0.100. The fourth-order valence-corrected chi connectivity index (χ4v) is 1.99. The molecule has 0 amide bonds. The van der Waals surface area contributed by atoms with E-state index in [1.54, 1.807) is 0 Å². The van der Waals surface area contributed by atoms with Crippen LogP contribution in [-0.4, -0.2) is 5.12 Å². The molecule has 1 aromatic rings. The molecule has 0 fully saturated rings. The van der Waals surface area contributed by atoms with Crippen LogP contribution in [0.5, 0.6) is 0 Å². The van der Waals surface area contributed by atoms with E-state index in [0.29, 0.717) is 6.42 Å². The molecule has 1 aromatic carbocycles. The number of hydrogen-bond acceptors (Lipinski definition) is 2. The van der Waals surface area contributed by atoms with E-state index < -0.39 is 0 Å². The molecular formula is C10H8OS. The Morgan fingerprint density at radius 1 is 1.17 bits per heavy atom. The Kier molecular flexibility index (Phi) is 2.00. The second-order valence-electron chi connectivity index (χ2n) is 2.61. The van der Waals surface area contributed by atoms with Crippen molar-refractivity contribution in [1.82, 2.24) is 0 Å². The van der Waals surface area contributed by atoms with Crippen LogP contribution in [0.25, 0.3) is 4.91 Å². The molecule has 0 aliphatic carbocycles. The first-order chi connectivity index (χ1) is 5.86. The molecule has 1 aliphatic heterocycles. The van der Waals surface area contributed by atoms with Gasteiger partial charge in [0, 0.05) is 11.3 Å². The molecule has 0 N–H and O–H groups in total. The minimum Gasteiger partial charge on any atom is -0.286 e. The average Bonchev–Trinajstić information content (AvgIpc) is 2.54. The van der Waals surface area contributed by atoms with Gasteiger partial charge >= 0.3 is 0 Å². The summed E-state index contributed by atoms with van der Waals surface area (Å²) in [6.45, 7) is 0. The van der Waals surface area contributed by atoms with Crippen LogP contribution in [0.2, 0.25) is 0 Å². The van der Waals surface area contributed by atoms with Crippen LogP contribution < -0.4 is 0 Å². The van der Waals surface area contributed by atoms with E-state index in [1.807, 2.05) is 36.4 Å². The zero-order valence-corrected chi connectivity index (χ0v) is 7.30. The number of carbonyl (C=O) groups is 1. The van der Waals surface area contributed by atoms with E-state index in [-0.39, 0.29) is 5.12 Å². The third kappa shape index (κ3) is 1.43. The number of benzene rings is 1. The molecule has 0 unspecified atom stereocenters. The summed E-state index contributed by atoms with van der Waals surface area (Å²) in [6, 6.07) is 10.00. The summed E-state index contributed by atoms with van der Waals surface area (Å²) in [5.41, 5.74) is 1.15. The van der Waals surface area contributed by atoms with E-state index in [2.05, 4.69) is 0 Å². The van der Waals surface area contributed by atoms with Crippen LogP contribution >= 0.6 is 11.8 Å². The second kappa shape index (κ2) is 3.15. The van der Waals surface area contributed by atoms with Gasteiger partial charge in [0.15, 0.2) is 5.12 Å². The minimum atomic E-state index is 0.244. The van der Waals surface area contributed by atoms with Gasteiger partial charge in [-0.3, -0.25) is 4.79 Å². The van der Waals surface area contributed by atoms with E-state index in [9.17, 15) is 4.79 Å². The molecular weight excluding hydrogens is 168 g/mol. The van der Waals surface area contributed by atoms with E-state index in [1.165, 1.54) is 11.8 Å².